The first-order valence-corrected chi connectivity index (χ1v) is 5.72. The van der Waals surface area contributed by atoms with Gasteiger partial charge >= 0.3 is 0 Å². The van der Waals surface area contributed by atoms with Gasteiger partial charge in [-0.3, -0.25) is 0 Å². The Balaban J connectivity index is 2.52. The summed E-state index contributed by atoms with van der Waals surface area (Å²) >= 11 is 5.64. The summed E-state index contributed by atoms with van der Waals surface area (Å²) in [5.74, 6) is -0.365. The van der Waals surface area contributed by atoms with Crippen LogP contribution in [-0.2, 0) is 6.42 Å². The molecular formula is C12H17ClFNO. The maximum atomic E-state index is 13.4. The second-order valence-corrected chi connectivity index (χ2v) is 4.59. The Kier molecular flexibility index (Phi) is 5.19. The first-order chi connectivity index (χ1) is 7.49. The third kappa shape index (κ3) is 4.47. The van der Waals surface area contributed by atoms with E-state index in [0.29, 0.717) is 29.6 Å². The van der Waals surface area contributed by atoms with Crippen LogP contribution in [0.15, 0.2) is 18.2 Å². The van der Waals surface area contributed by atoms with Gasteiger partial charge in [-0.15, -0.1) is 0 Å². The van der Waals surface area contributed by atoms with Crippen molar-refractivity contribution in [2.75, 3.05) is 6.54 Å². The van der Waals surface area contributed by atoms with Crippen LogP contribution >= 0.6 is 11.6 Å². The van der Waals surface area contributed by atoms with E-state index in [-0.39, 0.29) is 5.82 Å². The molecule has 0 radical (unpaired) electrons. The molecule has 0 spiro atoms. The van der Waals surface area contributed by atoms with Gasteiger partial charge in [0.05, 0.1) is 6.10 Å². The lowest BCUT2D eigenvalue weighted by molar-refractivity contribution is 0.167. The maximum absolute atomic E-state index is 13.4. The molecule has 2 N–H and O–H groups in total. The quantitative estimate of drug-likeness (QED) is 0.835. The Morgan fingerprint density at radius 1 is 1.44 bits per heavy atom. The van der Waals surface area contributed by atoms with Crippen LogP contribution in [0.3, 0.4) is 0 Å². The topological polar surface area (TPSA) is 32.3 Å². The number of aliphatic hydroxyl groups is 1. The zero-order chi connectivity index (χ0) is 12.1. The fraction of sp³-hybridized carbons (Fsp3) is 0.500. The molecule has 0 amide bonds. The lowest BCUT2D eigenvalue weighted by Gasteiger charge is -2.14. The summed E-state index contributed by atoms with van der Waals surface area (Å²) in [6, 6.07) is 4.81. The summed E-state index contributed by atoms with van der Waals surface area (Å²) in [5, 5.41) is 13.2. The smallest absolute Gasteiger partial charge is 0.127 e. The highest BCUT2D eigenvalue weighted by molar-refractivity contribution is 6.30. The largest absolute Gasteiger partial charge is 0.391 e. The van der Waals surface area contributed by atoms with Gasteiger partial charge in [-0.1, -0.05) is 31.5 Å². The van der Waals surface area contributed by atoms with E-state index < -0.39 is 6.10 Å². The highest BCUT2D eigenvalue weighted by atomic mass is 35.5. The molecule has 2 nitrogen and oxygen atoms in total. The SMILES string of the molecule is CC(C)NCC(O)Cc1ccc(Cl)cc1F. The molecule has 0 bridgehead atoms. The van der Waals surface area contributed by atoms with E-state index in [1.165, 1.54) is 6.07 Å². The normalized spacial score (nSPS) is 13.1. The molecule has 90 valence electrons. The molecule has 0 aliphatic heterocycles. The van der Waals surface area contributed by atoms with Crippen molar-refractivity contribution in [3.05, 3.63) is 34.6 Å². The predicted molar refractivity (Wildman–Crippen MR) is 64.3 cm³/mol. The molecule has 0 aliphatic rings. The second-order valence-electron chi connectivity index (χ2n) is 4.16. The second kappa shape index (κ2) is 6.18. The lowest BCUT2D eigenvalue weighted by atomic mass is 10.1. The molecule has 1 unspecified atom stereocenters. The predicted octanol–water partition coefficient (Wildman–Crippen LogP) is 2.38. The van der Waals surface area contributed by atoms with Crippen LogP contribution in [0.1, 0.15) is 19.4 Å². The van der Waals surface area contributed by atoms with Crippen molar-refractivity contribution in [2.45, 2.75) is 32.4 Å². The van der Waals surface area contributed by atoms with Crippen LogP contribution in [0.2, 0.25) is 5.02 Å². The van der Waals surface area contributed by atoms with E-state index in [2.05, 4.69) is 5.32 Å². The van der Waals surface area contributed by atoms with Crippen molar-refractivity contribution in [1.82, 2.24) is 5.32 Å². The van der Waals surface area contributed by atoms with Crippen molar-refractivity contribution in [3.8, 4) is 0 Å². The highest BCUT2D eigenvalue weighted by Crippen LogP contribution is 2.15. The van der Waals surface area contributed by atoms with E-state index in [1.54, 1.807) is 12.1 Å². The van der Waals surface area contributed by atoms with Gasteiger partial charge < -0.3 is 10.4 Å². The van der Waals surface area contributed by atoms with Gasteiger partial charge in [-0.25, -0.2) is 4.39 Å². The molecular weight excluding hydrogens is 229 g/mol. The first-order valence-electron chi connectivity index (χ1n) is 5.34. The number of hydrogen-bond acceptors (Lipinski definition) is 2. The van der Waals surface area contributed by atoms with Crippen molar-refractivity contribution in [2.24, 2.45) is 0 Å². The molecule has 1 aromatic rings. The number of benzene rings is 1. The minimum atomic E-state index is -0.585. The van der Waals surface area contributed by atoms with Crippen molar-refractivity contribution >= 4 is 11.6 Å². The molecule has 0 aromatic heterocycles. The molecule has 16 heavy (non-hydrogen) atoms. The van der Waals surface area contributed by atoms with Crippen LogP contribution in [0.25, 0.3) is 0 Å². The van der Waals surface area contributed by atoms with Crippen molar-refractivity contribution in [1.29, 1.82) is 0 Å². The fourth-order valence-corrected chi connectivity index (χ4v) is 1.54. The van der Waals surface area contributed by atoms with Crippen molar-refractivity contribution in [3.63, 3.8) is 0 Å². The van der Waals surface area contributed by atoms with Crippen LogP contribution in [0, 0.1) is 5.82 Å². The number of aliphatic hydroxyl groups excluding tert-OH is 1. The van der Waals surface area contributed by atoms with Gasteiger partial charge in [0, 0.05) is 24.0 Å². The first kappa shape index (κ1) is 13.4. The summed E-state index contributed by atoms with van der Waals surface area (Å²) < 4.78 is 13.4. The van der Waals surface area contributed by atoms with E-state index in [9.17, 15) is 9.50 Å². The number of halogens is 2. The third-order valence-corrected chi connectivity index (χ3v) is 2.47. The van der Waals surface area contributed by atoms with Gasteiger partial charge in [-0.05, 0) is 17.7 Å². The summed E-state index contributed by atoms with van der Waals surface area (Å²) in [6.07, 6.45) is -0.291. The Labute approximate surface area is 100 Å². The molecule has 0 fully saturated rings. The summed E-state index contributed by atoms with van der Waals surface area (Å²) in [6.45, 7) is 4.45. The average molecular weight is 246 g/mol. The number of nitrogens with one attached hydrogen (secondary N) is 1. The summed E-state index contributed by atoms with van der Waals surface area (Å²) in [4.78, 5) is 0. The fourth-order valence-electron chi connectivity index (χ4n) is 1.38. The Morgan fingerprint density at radius 2 is 2.12 bits per heavy atom. The van der Waals surface area contributed by atoms with Gasteiger partial charge in [-0.2, -0.15) is 0 Å². The molecule has 1 atom stereocenters. The van der Waals surface area contributed by atoms with E-state index in [4.69, 9.17) is 11.6 Å². The molecule has 4 heteroatoms. The van der Waals surface area contributed by atoms with E-state index in [1.807, 2.05) is 13.8 Å². The standard InChI is InChI=1S/C12H17ClFNO/c1-8(2)15-7-11(16)5-9-3-4-10(13)6-12(9)14/h3-4,6,8,11,15-16H,5,7H2,1-2H3. The Hall–Kier alpha value is -0.640. The van der Waals surface area contributed by atoms with Gasteiger partial charge in [0.1, 0.15) is 5.82 Å². The van der Waals surface area contributed by atoms with Gasteiger partial charge in [0.15, 0.2) is 0 Å². The van der Waals surface area contributed by atoms with Crippen LogP contribution < -0.4 is 5.32 Å². The molecule has 0 saturated carbocycles. The van der Waals surface area contributed by atoms with Crippen LogP contribution in [0.5, 0.6) is 0 Å². The molecule has 1 aromatic carbocycles. The Bertz CT molecular complexity index is 344. The lowest BCUT2D eigenvalue weighted by Crippen LogP contribution is -2.33. The molecule has 1 rings (SSSR count). The van der Waals surface area contributed by atoms with E-state index in [0.717, 1.165) is 0 Å². The van der Waals surface area contributed by atoms with E-state index >= 15 is 0 Å². The molecule has 0 aliphatic carbocycles. The molecule has 0 heterocycles. The minimum absolute atomic E-state index is 0.294. The Morgan fingerprint density at radius 3 is 2.69 bits per heavy atom. The van der Waals surface area contributed by atoms with Crippen LogP contribution in [0.4, 0.5) is 4.39 Å². The monoisotopic (exact) mass is 245 g/mol. The van der Waals surface area contributed by atoms with Crippen molar-refractivity contribution < 1.29 is 9.50 Å². The highest BCUT2D eigenvalue weighted by Gasteiger charge is 2.10. The third-order valence-electron chi connectivity index (χ3n) is 2.23. The van der Waals surface area contributed by atoms with Gasteiger partial charge in [0.25, 0.3) is 0 Å². The summed E-state index contributed by atoms with van der Waals surface area (Å²) in [7, 11) is 0. The van der Waals surface area contributed by atoms with Gasteiger partial charge in [0.2, 0.25) is 0 Å². The zero-order valence-electron chi connectivity index (χ0n) is 9.50. The number of hydrogen-bond donors (Lipinski definition) is 2. The minimum Gasteiger partial charge on any atom is -0.391 e. The maximum Gasteiger partial charge on any atom is 0.127 e. The average Bonchev–Trinajstić information content (AvgIpc) is 2.19. The van der Waals surface area contributed by atoms with Crippen LogP contribution in [-0.4, -0.2) is 23.8 Å². The molecule has 0 saturated heterocycles. The number of rotatable bonds is 5. The summed E-state index contributed by atoms with van der Waals surface area (Å²) in [5.41, 5.74) is 0.488. The zero-order valence-corrected chi connectivity index (χ0v) is 10.3.